The van der Waals surface area contributed by atoms with Crippen molar-refractivity contribution >= 4 is 11.5 Å². The van der Waals surface area contributed by atoms with Crippen LogP contribution in [0.2, 0.25) is 0 Å². The predicted octanol–water partition coefficient (Wildman–Crippen LogP) is 1.82. The molecular weight excluding hydrogens is 208 g/mol. The number of carbonyl (C=O) groups is 1. The molecule has 0 spiro atoms. The van der Waals surface area contributed by atoms with Gasteiger partial charge in [0.25, 0.3) is 5.69 Å². The zero-order valence-electron chi connectivity index (χ0n) is 9.10. The van der Waals surface area contributed by atoms with Crippen molar-refractivity contribution in [3.63, 3.8) is 0 Å². The second kappa shape index (κ2) is 5.37. The lowest BCUT2D eigenvalue weighted by molar-refractivity contribution is -0.385. The van der Waals surface area contributed by atoms with Gasteiger partial charge in [-0.1, -0.05) is 12.1 Å². The van der Waals surface area contributed by atoms with E-state index in [-0.39, 0.29) is 11.5 Å². The lowest BCUT2D eigenvalue weighted by Gasteiger charge is -2.02. The summed E-state index contributed by atoms with van der Waals surface area (Å²) in [6.45, 7) is 2.09. The van der Waals surface area contributed by atoms with E-state index in [1.807, 2.05) is 0 Å². The second-order valence-electron chi connectivity index (χ2n) is 3.57. The molecule has 0 bridgehead atoms. The minimum Gasteiger partial charge on any atom is -0.330 e. The Morgan fingerprint density at radius 3 is 2.75 bits per heavy atom. The largest absolute Gasteiger partial charge is 0.330 e. The Morgan fingerprint density at radius 1 is 1.50 bits per heavy atom. The molecule has 0 saturated carbocycles. The molecular formula is C11H14N2O3. The Morgan fingerprint density at radius 2 is 2.19 bits per heavy atom. The molecule has 0 saturated heterocycles. The first-order valence-electron chi connectivity index (χ1n) is 5.04. The van der Waals surface area contributed by atoms with Crippen LogP contribution in [0.1, 0.15) is 28.8 Å². The summed E-state index contributed by atoms with van der Waals surface area (Å²) in [5.41, 5.74) is 6.22. The Hall–Kier alpha value is -1.75. The van der Waals surface area contributed by atoms with Gasteiger partial charge in [-0.25, -0.2) is 0 Å². The van der Waals surface area contributed by atoms with Gasteiger partial charge in [-0.05, 0) is 19.9 Å². The molecule has 0 atom stereocenters. The van der Waals surface area contributed by atoms with Gasteiger partial charge in [-0.15, -0.1) is 0 Å². The van der Waals surface area contributed by atoms with Gasteiger partial charge in [-0.3, -0.25) is 14.9 Å². The Bertz CT molecular complexity index is 416. The highest BCUT2D eigenvalue weighted by Gasteiger charge is 2.14. The van der Waals surface area contributed by atoms with E-state index in [0.29, 0.717) is 30.5 Å². The van der Waals surface area contributed by atoms with Crippen molar-refractivity contribution in [3.8, 4) is 0 Å². The van der Waals surface area contributed by atoms with E-state index in [4.69, 9.17) is 5.73 Å². The summed E-state index contributed by atoms with van der Waals surface area (Å²) < 4.78 is 0. The first kappa shape index (κ1) is 12.3. The minimum absolute atomic E-state index is 0.0152. The van der Waals surface area contributed by atoms with Crippen LogP contribution in [0, 0.1) is 17.0 Å². The van der Waals surface area contributed by atoms with Crippen molar-refractivity contribution in [1.82, 2.24) is 0 Å². The van der Waals surface area contributed by atoms with Gasteiger partial charge in [0.15, 0.2) is 5.78 Å². The van der Waals surface area contributed by atoms with Crippen LogP contribution in [0.4, 0.5) is 5.69 Å². The van der Waals surface area contributed by atoms with Crippen LogP contribution in [0.15, 0.2) is 18.2 Å². The van der Waals surface area contributed by atoms with Crippen molar-refractivity contribution in [3.05, 3.63) is 39.4 Å². The van der Waals surface area contributed by atoms with Crippen molar-refractivity contribution in [2.75, 3.05) is 6.54 Å². The van der Waals surface area contributed by atoms with Crippen LogP contribution < -0.4 is 5.73 Å². The number of hydrogen-bond acceptors (Lipinski definition) is 4. The van der Waals surface area contributed by atoms with Gasteiger partial charge in [0, 0.05) is 23.6 Å². The molecule has 2 N–H and O–H groups in total. The monoisotopic (exact) mass is 222 g/mol. The predicted molar refractivity (Wildman–Crippen MR) is 60.5 cm³/mol. The fraction of sp³-hybridized carbons (Fsp3) is 0.364. The summed E-state index contributed by atoms with van der Waals surface area (Å²) in [4.78, 5) is 21.8. The number of ketones is 1. The average molecular weight is 222 g/mol. The molecule has 1 aromatic carbocycles. The van der Waals surface area contributed by atoms with Crippen molar-refractivity contribution in [2.24, 2.45) is 5.73 Å². The molecule has 1 aromatic rings. The molecule has 0 aliphatic carbocycles. The maximum absolute atomic E-state index is 11.6. The summed E-state index contributed by atoms with van der Waals surface area (Å²) >= 11 is 0. The molecule has 0 radical (unpaired) electrons. The smallest absolute Gasteiger partial charge is 0.273 e. The number of carbonyl (C=O) groups excluding carboxylic acids is 1. The third kappa shape index (κ3) is 2.87. The van der Waals surface area contributed by atoms with Gasteiger partial charge in [-0.2, -0.15) is 0 Å². The highest BCUT2D eigenvalue weighted by atomic mass is 16.6. The molecule has 5 nitrogen and oxygen atoms in total. The van der Waals surface area contributed by atoms with Crippen LogP contribution in [-0.2, 0) is 0 Å². The standard InChI is InChI=1S/C11H14N2O3/c1-8-4-5-9(7-10(8)13(15)16)11(14)3-2-6-12/h4-5,7H,2-3,6,12H2,1H3. The van der Waals surface area contributed by atoms with Gasteiger partial charge in [0.1, 0.15) is 0 Å². The highest BCUT2D eigenvalue weighted by molar-refractivity contribution is 5.96. The number of Topliss-reactive ketones (excluding diaryl/α,β-unsaturated/α-hetero) is 1. The molecule has 0 amide bonds. The molecule has 5 heteroatoms. The molecule has 1 rings (SSSR count). The molecule has 0 aromatic heterocycles. The van der Waals surface area contributed by atoms with E-state index >= 15 is 0 Å². The number of nitrogens with two attached hydrogens (primary N) is 1. The van der Waals surface area contributed by atoms with Gasteiger partial charge >= 0.3 is 0 Å². The zero-order chi connectivity index (χ0) is 12.1. The van der Waals surface area contributed by atoms with E-state index in [9.17, 15) is 14.9 Å². The van der Waals surface area contributed by atoms with Crippen LogP contribution in [0.3, 0.4) is 0 Å². The lowest BCUT2D eigenvalue weighted by atomic mass is 10.0. The first-order valence-corrected chi connectivity index (χ1v) is 5.04. The number of rotatable bonds is 5. The van der Waals surface area contributed by atoms with Gasteiger partial charge < -0.3 is 5.73 Å². The number of nitro benzene ring substituents is 1. The van der Waals surface area contributed by atoms with E-state index in [1.54, 1.807) is 19.1 Å². The summed E-state index contributed by atoms with van der Waals surface area (Å²) in [6, 6.07) is 4.53. The maximum atomic E-state index is 11.6. The molecule has 16 heavy (non-hydrogen) atoms. The van der Waals surface area contributed by atoms with E-state index in [0.717, 1.165) is 0 Å². The fourth-order valence-corrected chi connectivity index (χ4v) is 1.39. The van der Waals surface area contributed by atoms with Crippen LogP contribution in [0.5, 0.6) is 0 Å². The van der Waals surface area contributed by atoms with Crippen molar-refractivity contribution < 1.29 is 9.72 Å². The second-order valence-corrected chi connectivity index (χ2v) is 3.57. The fourth-order valence-electron chi connectivity index (χ4n) is 1.39. The summed E-state index contributed by atoms with van der Waals surface area (Å²) in [7, 11) is 0. The van der Waals surface area contributed by atoms with Crippen molar-refractivity contribution in [1.29, 1.82) is 0 Å². The molecule has 0 fully saturated rings. The first-order chi connectivity index (χ1) is 7.56. The van der Waals surface area contributed by atoms with Gasteiger partial charge in [0.2, 0.25) is 0 Å². The number of aryl methyl sites for hydroxylation is 1. The van der Waals surface area contributed by atoms with Crippen LogP contribution in [0.25, 0.3) is 0 Å². The van der Waals surface area contributed by atoms with Crippen molar-refractivity contribution in [2.45, 2.75) is 19.8 Å². The molecule has 0 unspecified atom stereocenters. The molecule has 0 aliphatic heterocycles. The molecule has 86 valence electrons. The summed E-state index contributed by atoms with van der Waals surface area (Å²) in [6.07, 6.45) is 0.928. The lowest BCUT2D eigenvalue weighted by Crippen LogP contribution is -2.05. The Kier molecular flexibility index (Phi) is 4.13. The Balaban J connectivity index is 2.94. The third-order valence-electron chi connectivity index (χ3n) is 2.34. The van der Waals surface area contributed by atoms with Gasteiger partial charge in [0.05, 0.1) is 4.92 Å². The average Bonchev–Trinajstić information content (AvgIpc) is 2.26. The normalized spacial score (nSPS) is 10.1. The number of benzene rings is 1. The zero-order valence-corrected chi connectivity index (χ0v) is 9.10. The molecule has 0 heterocycles. The molecule has 0 aliphatic rings. The quantitative estimate of drug-likeness (QED) is 0.467. The Labute approximate surface area is 93.4 Å². The minimum atomic E-state index is -0.477. The number of nitro groups is 1. The summed E-state index contributed by atoms with van der Waals surface area (Å²) in [5, 5.41) is 10.7. The number of hydrogen-bond donors (Lipinski definition) is 1. The van der Waals surface area contributed by atoms with E-state index in [1.165, 1.54) is 6.07 Å². The summed E-state index contributed by atoms with van der Waals surface area (Å²) in [5.74, 6) is -0.103. The van der Waals surface area contributed by atoms with E-state index < -0.39 is 4.92 Å². The highest BCUT2D eigenvalue weighted by Crippen LogP contribution is 2.20. The van der Waals surface area contributed by atoms with Crippen LogP contribution >= 0.6 is 0 Å². The van der Waals surface area contributed by atoms with E-state index in [2.05, 4.69) is 0 Å². The maximum Gasteiger partial charge on any atom is 0.273 e. The SMILES string of the molecule is Cc1ccc(C(=O)CCCN)cc1[N+](=O)[O-]. The van der Waals surface area contributed by atoms with Crippen LogP contribution in [-0.4, -0.2) is 17.3 Å². The topological polar surface area (TPSA) is 86.2 Å². The number of nitrogens with zero attached hydrogens (tertiary/aromatic N) is 1. The third-order valence-corrected chi connectivity index (χ3v) is 2.34.